The Kier molecular flexibility index (Phi) is 3.95. The van der Waals surface area contributed by atoms with Crippen molar-refractivity contribution in [3.63, 3.8) is 0 Å². The average molecular weight is 345 g/mol. The minimum Gasteiger partial charge on any atom is -0.485 e. The summed E-state index contributed by atoms with van der Waals surface area (Å²) in [6.07, 6.45) is 5.33. The van der Waals surface area contributed by atoms with Crippen LogP contribution in [0.3, 0.4) is 0 Å². The molecule has 1 aliphatic carbocycles. The first kappa shape index (κ1) is 16.0. The normalized spacial score (nSPS) is 12.7. The molecule has 0 saturated carbocycles. The Hall–Kier alpha value is -3.50. The van der Waals surface area contributed by atoms with Gasteiger partial charge in [-0.3, -0.25) is 4.79 Å². The summed E-state index contributed by atoms with van der Waals surface area (Å²) in [5, 5.41) is 4.58. The summed E-state index contributed by atoms with van der Waals surface area (Å²) >= 11 is 0. The molecule has 1 aromatic heterocycles. The van der Waals surface area contributed by atoms with Crippen LogP contribution in [0.25, 0.3) is 27.5 Å². The minimum atomic E-state index is 0.0443. The first-order chi connectivity index (χ1) is 12.7. The molecule has 4 rings (SSSR count). The van der Waals surface area contributed by atoms with Crippen molar-refractivity contribution in [2.24, 2.45) is 5.11 Å². The molecule has 1 aliphatic rings. The Balaban J connectivity index is 1.69. The zero-order valence-corrected chi connectivity index (χ0v) is 14.1. The van der Waals surface area contributed by atoms with E-state index in [1.165, 1.54) is 0 Å². The van der Waals surface area contributed by atoms with Crippen molar-refractivity contribution in [1.82, 2.24) is 0 Å². The molecule has 0 radical (unpaired) electrons. The maximum atomic E-state index is 11.9. The lowest BCUT2D eigenvalue weighted by Crippen LogP contribution is -2.08. The number of allylic oxidation sites excluding steroid dienone is 1. The molecule has 6 heteroatoms. The van der Waals surface area contributed by atoms with Crippen LogP contribution < -0.4 is 4.74 Å². The van der Waals surface area contributed by atoms with Crippen molar-refractivity contribution in [3.05, 3.63) is 75.4 Å². The number of hydrogen-bond donors (Lipinski definition) is 0. The topological polar surface area (TPSA) is 88.2 Å². The number of rotatable bonds is 4. The lowest BCUT2D eigenvalue weighted by molar-refractivity contribution is -0.114. The first-order valence-electron chi connectivity index (χ1n) is 8.17. The van der Waals surface area contributed by atoms with Crippen LogP contribution >= 0.6 is 0 Å². The minimum absolute atomic E-state index is 0.0443. The van der Waals surface area contributed by atoms with E-state index < -0.39 is 0 Å². The second kappa shape index (κ2) is 6.43. The Bertz CT molecular complexity index is 1100. The van der Waals surface area contributed by atoms with E-state index in [0.717, 1.165) is 27.6 Å². The standard InChI is InChI=1S/C20H15N3O3/c1-12-8-13(2-5-18(12)22-23-21)11-26-20-17-10-16(24)4-3-14(17)9-15-6-7-25-19(15)20/h2-9H,10-11H2,1H3. The van der Waals surface area contributed by atoms with Gasteiger partial charge in [-0.1, -0.05) is 29.4 Å². The monoisotopic (exact) mass is 345 g/mol. The van der Waals surface area contributed by atoms with Crippen LogP contribution in [0.15, 0.2) is 52.2 Å². The fourth-order valence-electron chi connectivity index (χ4n) is 3.16. The largest absolute Gasteiger partial charge is 0.485 e. The number of ketones is 1. The number of carbonyl (C=O) groups excluding carboxylic acids is 1. The van der Waals surface area contributed by atoms with Crippen molar-refractivity contribution in [2.45, 2.75) is 20.0 Å². The van der Waals surface area contributed by atoms with Crippen LogP contribution in [0.2, 0.25) is 0 Å². The molecule has 2 aromatic carbocycles. The van der Waals surface area contributed by atoms with Crippen LogP contribution in [-0.2, 0) is 17.8 Å². The Labute approximate surface area is 149 Å². The first-order valence-corrected chi connectivity index (χ1v) is 8.17. The van der Waals surface area contributed by atoms with Gasteiger partial charge in [-0.15, -0.1) is 0 Å². The number of azide groups is 1. The highest BCUT2D eigenvalue weighted by molar-refractivity contribution is 6.01. The zero-order chi connectivity index (χ0) is 18.1. The van der Waals surface area contributed by atoms with Crippen LogP contribution in [0.1, 0.15) is 22.3 Å². The van der Waals surface area contributed by atoms with E-state index in [-0.39, 0.29) is 5.78 Å². The predicted octanol–water partition coefficient (Wildman–Crippen LogP) is 5.40. The highest BCUT2D eigenvalue weighted by Gasteiger charge is 2.20. The highest BCUT2D eigenvalue weighted by Crippen LogP contribution is 2.37. The van der Waals surface area contributed by atoms with E-state index in [1.807, 2.05) is 37.3 Å². The average Bonchev–Trinajstić information content (AvgIpc) is 3.09. The number of aryl methyl sites for hydroxylation is 1. The third-order valence-corrected chi connectivity index (χ3v) is 4.43. The molecular formula is C20H15N3O3. The molecule has 0 unspecified atom stereocenters. The maximum Gasteiger partial charge on any atom is 0.176 e. The maximum absolute atomic E-state index is 11.9. The summed E-state index contributed by atoms with van der Waals surface area (Å²) in [4.78, 5) is 14.7. The summed E-state index contributed by atoms with van der Waals surface area (Å²) in [5.41, 5.74) is 13.5. The number of nitrogens with zero attached hydrogens (tertiary/aromatic N) is 3. The summed E-state index contributed by atoms with van der Waals surface area (Å²) in [6.45, 7) is 2.20. The van der Waals surface area contributed by atoms with Crippen LogP contribution in [0.5, 0.6) is 5.75 Å². The Morgan fingerprint density at radius 1 is 1.27 bits per heavy atom. The lowest BCUT2D eigenvalue weighted by Gasteiger charge is -2.16. The van der Waals surface area contributed by atoms with Gasteiger partial charge in [0.15, 0.2) is 17.1 Å². The molecule has 3 aromatic rings. The number of hydrogen-bond acceptors (Lipinski definition) is 4. The smallest absolute Gasteiger partial charge is 0.176 e. The van der Waals surface area contributed by atoms with Gasteiger partial charge in [0.2, 0.25) is 0 Å². The van der Waals surface area contributed by atoms with E-state index in [1.54, 1.807) is 18.4 Å². The van der Waals surface area contributed by atoms with Gasteiger partial charge in [0, 0.05) is 28.0 Å². The zero-order valence-electron chi connectivity index (χ0n) is 14.1. The molecule has 1 heterocycles. The van der Waals surface area contributed by atoms with Gasteiger partial charge in [-0.05, 0) is 47.4 Å². The SMILES string of the molecule is Cc1cc(COc2c3c(cc4ccoc24)C=CC(=O)C3)ccc1N=[N+]=[N-]. The van der Waals surface area contributed by atoms with Gasteiger partial charge < -0.3 is 9.15 Å². The molecule has 0 bridgehead atoms. The molecule has 128 valence electrons. The quantitative estimate of drug-likeness (QED) is 0.360. The summed E-state index contributed by atoms with van der Waals surface area (Å²) in [5.74, 6) is 0.653. The number of benzene rings is 2. The van der Waals surface area contributed by atoms with Crippen LogP contribution in [-0.4, -0.2) is 5.78 Å². The molecule has 0 fully saturated rings. The van der Waals surface area contributed by atoms with Crippen molar-refractivity contribution in [2.75, 3.05) is 0 Å². The molecule has 0 atom stereocenters. The van der Waals surface area contributed by atoms with E-state index >= 15 is 0 Å². The molecule has 0 aliphatic heterocycles. The number of fused-ring (bicyclic) bond motifs is 2. The van der Waals surface area contributed by atoms with Gasteiger partial charge >= 0.3 is 0 Å². The number of furan rings is 1. The number of ether oxygens (including phenoxy) is 1. The lowest BCUT2D eigenvalue weighted by atomic mass is 9.94. The molecule has 0 spiro atoms. The van der Waals surface area contributed by atoms with Crippen molar-refractivity contribution in [3.8, 4) is 5.75 Å². The Morgan fingerprint density at radius 3 is 2.96 bits per heavy atom. The van der Waals surface area contributed by atoms with Crippen molar-refractivity contribution in [1.29, 1.82) is 0 Å². The summed E-state index contributed by atoms with van der Waals surface area (Å²) in [6, 6.07) is 9.43. The number of carbonyl (C=O) groups is 1. The summed E-state index contributed by atoms with van der Waals surface area (Å²) in [7, 11) is 0. The Morgan fingerprint density at radius 2 is 2.15 bits per heavy atom. The second-order valence-electron chi connectivity index (χ2n) is 6.19. The van der Waals surface area contributed by atoms with E-state index in [9.17, 15) is 4.79 Å². The molecule has 0 saturated heterocycles. The summed E-state index contributed by atoms with van der Waals surface area (Å²) < 4.78 is 11.7. The van der Waals surface area contributed by atoms with Gasteiger partial charge in [0.05, 0.1) is 6.26 Å². The van der Waals surface area contributed by atoms with Gasteiger partial charge in [0.1, 0.15) is 6.61 Å². The second-order valence-corrected chi connectivity index (χ2v) is 6.19. The van der Waals surface area contributed by atoms with E-state index in [2.05, 4.69) is 10.0 Å². The fraction of sp³-hybridized carbons (Fsp3) is 0.150. The fourth-order valence-corrected chi connectivity index (χ4v) is 3.16. The van der Waals surface area contributed by atoms with Gasteiger partial charge in [0.25, 0.3) is 0 Å². The predicted molar refractivity (Wildman–Crippen MR) is 98.3 cm³/mol. The van der Waals surface area contributed by atoms with Crippen molar-refractivity contribution >= 4 is 28.5 Å². The molecule has 6 nitrogen and oxygen atoms in total. The van der Waals surface area contributed by atoms with E-state index in [0.29, 0.717) is 30.0 Å². The van der Waals surface area contributed by atoms with Crippen LogP contribution in [0.4, 0.5) is 5.69 Å². The molecule has 0 amide bonds. The van der Waals surface area contributed by atoms with Gasteiger partial charge in [-0.25, -0.2) is 0 Å². The van der Waals surface area contributed by atoms with E-state index in [4.69, 9.17) is 14.7 Å². The third-order valence-electron chi connectivity index (χ3n) is 4.43. The molecule has 26 heavy (non-hydrogen) atoms. The van der Waals surface area contributed by atoms with Crippen LogP contribution in [0, 0.1) is 6.92 Å². The molecule has 0 N–H and O–H groups in total. The third kappa shape index (κ3) is 2.83. The highest BCUT2D eigenvalue weighted by atomic mass is 16.5. The van der Waals surface area contributed by atoms with Crippen molar-refractivity contribution < 1.29 is 13.9 Å². The molecular weight excluding hydrogens is 330 g/mol. The van der Waals surface area contributed by atoms with Gasteiger partial charge in [-0.2, -0.15) is 0 Å².